The molecule has 6 aliphatic rings. The topological polar surface area (TPSA) is 69.7 Å². The lowest BCUT2D eigenvalue weighted by atomic mass is 9.91. The predicted octanol–water partition coefficient (Wildman–Crippen LogP) is 6.37. The van der Waals surface area contributed by atoms with E-state index < -0.39 is 0 Å². The minimum atomic E-state index is -0.0901. The maximum Gasteiger partial charge on any atom is 0.140 e. The number of likely N-dealkylation sites (tertiary alicyclic amines) is 1. The van der Waals surface area contributed by atoms with Crippen molar-refractivity contribution in [3.05, 3.63) is 91.5 Å². The number of ketones is 3. The van der Waals surface area contributed by atoms with Gasteiger partial charge in [0.2, 0.25) is 0 Å². The van der Waals surface area contributed by atoms with Gasteiger partial charge >= 0.3 is 0 Å². The van der Waals surface area contributed by atoms with Crippen molar-refractivity contribution in [2.24, 2.45) is 34.0 Å². The van der Waals surface area contributed by atoms with Gasteiger partial charge in [0.15, 0.2) is 0 Å². The summed E-state index contributed by atoms with van der Waals surface area (Å²) >= 11 is 0. The van der Waals surface area contributed by atoms with Crippen molar-refractivity contribution in [1.29, 1.82) is 0 Å². The van der Waals surface area contributed by atoms with Crippen molar-refractivity contribution in [2.45, 2.75) is 66.0 Å². The van der Waals surface area contributed by atoms with Gasteiger partial charge in [-0.3, -0.25) is 19.3 Å². The average molecular weight is 613 g/mol. The van der Waals surface area contributed by atoms with E-state index in [1.807, 2.05) is 6.07 Å². The SMILES string of the molecule is CC(=O)[C@@]12C=CN(Cc3ccccc3)C[C@@H]1C2.CC(=O)[C@@]12CCN(Cc3ccccc3)C[C@@H]1C2.CC(=O)[C@@]12CCNC[C@@H]1C2.[CH3-].[HH]. The van der Waals surface area contributed by atoms with Gasteiger partial charge in [0.25, 0.3) is 0 Å². The number of benzene rings is 2. The first-order valence-corrected chi connectivity index (χ1v) is 16.6. The minimum absolute atomic E-state index is 0. The van der Waals surface area contributed by atoms with Gasteiger partial charge in [-0.15, -0.1) is 0 Å². The zero-order valence-electron chi connectivity index (χ0n) is 27.8. The van der Waals surface area contributed by atoms with E-state index in [9.17, 15) is 14.4 Å². The van der Waals surface area contributed by atoms with Crippen molar-refractivity contribution >= 4 is 17.3 Å². The van der Waals surface area contributed by atoms with Crippen LogP contribution in [0.4, 0.5) is 0 Å². The Hall–Kier alpha value is -3.09. The zero-order chi connectivity index (χ0) is 31.0. The van der Waals surface area contributed by atoms with Crippen LogP contribution in [0.2, 0.25) is 0 Å². The van der Waals surface area contributed by atoms with Crippen LogP contribution in [0, 0.1) is 41.4 Å². The molecule has 3 saturated carbocycles. The summed E-state index contributed by atoms with van der Waals surface area (Å²) in [4.78, 5) is 39.1. The average Bonchev–Trinajstić information content (AvgIpc) is 3.93. The number of hydrogen-bond acceptors (Lipinski definition) is 6. The van der Waals surface area contributed by atoms with Crippen molar-refractivity contribution in [1.82, 2.24) is 15.1 Å². The molecule has 0 aromatic heterocycles. The Kier molecular flexibility index (Phi) is 9.86. The lowest BCUT2D eigenvalue weighted by Crippen LogP contribution is -2.36. The summed E-state index contributed by atoms with van der Waals surface area (Å²) in [6.07, 6.45) is 9.70. The molecule has 2 aromatic rings. The van der Waals surface area contributed by atoms with Crippen molar-refractivity contribution in [2.75, 3.05) is 32.7 Å². The first-order valence-electron chi connectivity index (χ1n) is 16.6. The zero-order valence-corrected chi connectivity index (χ0v) is 27.8. The highest BCUT2D eigenvalue weighted by atomic mass is 16.1. The van der Waals surface area contributed by atoms with Gasteiger partial charge in [-0.1, -0.05) is 66.7 Å². The molecule has 45 heavy (non-hydrogen) atoms. The number of Topliss-reactive ketones (excluding diaryl/α,β-unsaturated/α-hetero) is 3. The number of nitrogens with one attached hydrogen (secondary N) is 1. The van der Waals surface area contributed by atoms with E-state index in [0.717, 1.165) is 77.9 Å². The van der Waals surface area contributed by atoms with Gasteiger partial charge in [0, 0.05) is 38.4 Å². The molecule has 0 spiro atoms. The van der Waals surface area contributed by atoms with Gasteiger partial charge in [0.1, 0.15) is 17.3 Å². The molecule has 3 aliphatic heterocycles. The number of fused-ring (bicyclic) bond motifs is 3. The standard InChI is InChI=1S/C15H19NO.C15H17NO.C8H13NO.CH3.H2/c2*1-12(17)15-7-8-16(11-14(15)9-15)10-13-5-3-2-4-6-13;1-6(10)8-2-3-9-5-7(8)4-8;;/h2-6,14H,7-11H2,1H3;2-8,14H,9-11H2,1H3;7,9H,2-5H2,1H3;1H3;1H/q;;;-1;/t2*14-,15-;7-,8-;;/m000../s1. The van der Waals surface area contributed by atoms with Crippen LogP contribution in [0.3, 0.4) is 0 Å². The van der Waals surface area contributed by atoms with Crippen LogP contribution in [0.1, 0.15) is 65.4 Å². The summed E-state index contributed by atoms with van der Waals surface area (Å²) in [5.41, 5.74) is 2.85. The lowest BCUT2D eigenvalue weighted by molar-refractivity contribution is -0.124. The number of nitrogens with zero attached hydrogens (tertiary/aromatic N) is 2. The number of piperidine rings is 2. The highest BCUT2D eigenvalue weighted by Crippen LogP contribution is 2.59. The molecule has 1 N–H and O–H groups in total. The van der Waals surface area contributed by atoms with Crippen molar-refractivity contribution in [3.63, 3.8) is 0 Å². The molecule has 2 aromatic carbocycles. The van der Waals surface area contributed by atoms with E-state index in [1.165, 1.54) is 11.1 Å². The molecule has 6 heteroatoms. The second-order valence-corrected chi connectivity index (χ2v) is 14.4. The maximum atomic E-state index is 11.6. The van der Waals surface area contributed by atoms with E-state index in [1.54, 1.807) is 20.8 Å². The summed E-state index contributed by atoms with van der Waals surface area (Å²) in [5, 5.41) is 3.30. The van der Waals surface area contributed by atoms with Crippen LogP contribution >= 0.6 is 0 Å². The Morgan fingerprint density at radius 1 is 0.756 bits per heavy atom. The van der Waals surface area contributed by atoms with Gasteiger partial charge in [0.05, 0.1) is 5.41 Å². The third-order valence-corrected chi connectivity index (χ3v) is 11.7. The monoisotopic (exact) mass is 612 g/mol. The van der Waals surface area contributed by atoms with Crippen LogP contribution in [-0.4, -0.2) is 59.9 Å². The second kappa shape index (κ2) is 13.3. The first-order chi connectivity index (χ1) is 21.2. The molecule has 6 atom stereocenters. The summed E-state index contributed by atoms with van der Waals surface area (Å²) < 4.78 is 0. The molecule has 0 amide bonds. The first kappa shape index (κ1) is 33.3. The normalized spacial score (nSPS) is 33.2. The van der Waals surface area contributed by atoms with E-state index in [2.05, 4.69) is 82.0 Å². The summed E-state index contributed by atoms with van der Waals surface area (Å²) in [7, 11) is 0. The van der Waals surface area contributed by atoms with Crippen LogP contribution in [0.5, 0.6) is 0 Å². The fourth-order valence-electron chi connectivity index (χ4n) is 8.28. The lowest BCUT2D eigenvalue weighted by Gasteiger charge is -2.30. The molecule has 5 fully saturated rings. The molecule has 6 nitrogen and oxygen atoms in total. The van der Waals surface area contributed by atoms with E-state index in [0.29, 0.717) is 35.1 Å². The summed E-state index contributed by atoms with van der Waals surface area (Å²) in [5.74, 6) is 3.03. The fraction of sp³-hybridized carbons (Fsp3) is 0.538. The molecule has 3 heterocycles. The third-order valence-electron chi connectivity index (χ3n) is 11.7. The Morgan fingerprint density at radius 2 is 1.36 bits per heavy atom. The Bertz CT molecular complexity index is 1400. The van der Waals surface area contributed by atoms with Crippen molar-refractivity contribution in [3.8, 4) is 0 Å². The molecular formula is C39H54N3O3-. The molecular weight excluding hydrogens is 558 g/mol. The van der Waals surface area contributed by atoms with Gasteiger partial charge in [-0.2, -0.15) is 0 Å². The summed E-state index contributed by atoms with van der Waals surface area (Å²) in [6.45, 7) is 12.5. The quantitative estimate of drug-likeness (QED) is 0.367. The number of allylic oxidation sites excluding steroid dienone is 1. The van der Waals surface area contributed by atoms with E-state index in [-0.39, 0.29) is 25.1 Å². The van der Waals surface area contributed by atoms with E-state index >= 15 is 0 Å². The molecule has 8 rings (SSSR count). The Balaban J connectivity index is 0.000000158. The highest BCUT2D eigenvalue weighted by Gasteiger charge is 2.60. The number of carbonyl (C=O) groups is 3. The van der Waals surface area contributed by atoms with Crippen LogP contribution < -0.4 is 5.32 Å². The molecule has 3 aliphatic carbocycles. The minimum Gasteiger partial charge on any atom is -0.373 e. The molecule has 0 radical (unpaired) electrons. The van der Waals surface area contributed by atoms with E-state index in [4.69, 9.17) is 0 Å². The molecule has 0 bridgehead atoms. The fourth-order valence-corrected chi connectivity index (χ4v) is 8.28. The largest absolute Gasteiger partial charge is 0.373 e. The Morgan fingerprint density at radius 3 is 1.89 bits per heavy atom. The van der Waals surface area contributed by atoms with Gasteiger partial charge in [-0.25, -0.2) is 0 Å². The van der Waals surface area contributed by atoms with Crippen LogP contribution in [0.25, 0.3) is 0 Å². The van der Waals surface area contributed by atoms with Gasteiger partial charge in [-0.05, 0) is 108 Å². The van der Waals surface area contributed by atoms with Crippen LogP contribution in [-0.2, 0) is 27.5 Å². The Labute approximate surface area is 272 Å². The van der Waals surface area contributed by atoms with Crippen molar-refractivity contribution < 1.29 is 15.8 Å². The third kappa shape index (κ3) is 7.02. The highest BCUT2D eigenvalue weighted by molar-refractivity contribution is 5.88. The maximum absolute atomic E-state index is 11.6. The van der Waals surface area contributed by atoms with Gasteiger partial charge < -0.3 is 17.6 Å². The smallest absolute Gasteiger partial charge is 0.140 e. The number of carbonyl (C=O) groups excluding carboxylic acids is 3. The number of hydrogen-bond donors (Lipinski definition) is 1. The molecule has 0 unspecified atom stereocenters. The molecule has 244 valence electrons. The molecule has 2 saturated heterocycles. The predicted molar refractivity (Wildman–Crippen MR) is 182 cm³/mol. The summed E-state index contributed by atoms with van der Waals surface area (Å²) in [6, 6.07) is 21.1. The van der Waals surface area contributed by atoms with Crippen LogP contribution in [0.15, 0.2) is 72.9 Å². The number of rotatable bonds is 7. The second-order valence-electron chi connectivity index (χ2n) is 14.4.